The van der Waals surface area contributed by atoms with E-state index in [1.54, 1.807) is 6.07 Å². The molecule has 0 aliphatic carbocycles. The zero-order valence-corrected chi connectivity index (χ0v) is 13.3. The minimum Gasteiger partial charge on any atom is -0.306 e. The molecular weight excluding hydrogens is 343 g/mol. The van der Waals surface area contributed by atoms with Crippen molar-refractivity contribution in [2.75, 3.05) is 6.54 Å². The molecule has 0 saturated carbocycles. The van der Waals surface area contributed by atoms with Crippen LogP contribution in [0.15, 0.2) is 34.8 Å². The molecule has 2 aromatic carbocycles. The van der Waals surface area contributed by atoms with Crippen molar-refractivity contribution in [1.82, 2.24) is 5.32 Å². The lowest BCUT2D eigenvalue weighted by atomic mass is 9.96. The molecule has 0 spiro atoms. The number of halogens is 4. The van der Waals surface area contributed by atoms with Crippen molar-refractivity contribution in [3.05, 3.63) is 68.9 Å². The zero-order chi connectivity index (χ0) is 15.6. The van der Waals surface area contributed by atoms with E-state index >= 15 is 0 Å². The van der Waals surface area contributed by atoms with Crippen LogP contribution in [0, 0.1) is 24.4 Å². The van der Waals surface area contributed by atoms with Gasteiger partial charge in [-0.15, -0.1) is 0 Å². The molecule has 0 fully saturated rings. The molecular formula is C16H15BrF3N. The number of aryl methyl sites for hydroxylation is 1. The van der Waals surface area contributed by atoms with Crippen LogP contribution in [0.1, 0.15) is 29.7 Å². The predicted molar refractivity (Wildman–Crippen MR) is 80.7 cm³/mol. The fourth-order valence-electron chi connectivity index (χ4n) is 2.24. The van der Waals surface area contributed by atoms with E-state index in [1.165, 1.54) is 31.2 Å². The molecule has 1 atom stereocenters. The van der Waals surface area contributed by atoms with Gasteiger partial charge in [0.1, 0.15) is 5.82 Å². The van der Waals surface area contributed by atoms with E-state index < -0.39 is 23.5 Å². The fourth-order valence-corrected chi connectivity index (χ4v) is 2.72. The average Bonchev–Trinajstić information content (AvgIpc) is 2.42. The molecule has 112 valence electrons. The van der Waals surface area contributed by atoms with Crippen molar-refractivity contribution in [1.29, 1.82) is 0 Å². The maximum Gasteiger partial charge on any atom is 0.164 e. The Morgan fingerprint density at radius 2 is 1.81 bits per heavy atom. The Kier molecular flexibility index (Phi) is 5.06. The number of nitrogens with one attached hydrogen (secondary N) is 1. The average molecular weight is 358 g/mol. The zero-order valence-electron chi connectivity index (χ0n) is 11.7. The Hall–Kier alpha value is -1.33. The predicted octanol–water partition coefficient (Wildman–Crippen LogP) is 4.87. The number of rotatable bonds is 4. The van der Waals surface area contributed by atoms with Gasteiger partial charge in [0.25, 0.3) is 0 Å². The molecule has 0 radical (unpaired) electrons. The monoisotopic (exact) mass is 357 g/mol. The van der Waals surface area contributed by atoms with Gasteiger partial charge in [0.05, 0.1) is 6.04 Å². The Morgan fingerprint density at radius 1 is 1.10 bits per heavy atom. The molecule has 5 heteroatoms. The summed E-state index contributed by atoms with van der Waals surface area (Å²) in [6, 6.07) is 6.76. The summed E-state index contributed by atoms with van der Waals surface area (Å²) in [6.07, 6.45) is 0. The molecule has 0 aromatic heterocycles. The third-order valence-electron chi connectivity index (χ3n) is 3.24. The Labute approximate surface area is 130 Å². The van der Waals surface area contributed by atoms with E-state index in [4.69, 9.17) is 0 Å². The van der Waals surface area contributed by atoms with Crippen LogP contribution >= 0.6 is 15.9 Å². The van der Waals surface area contributed by atoms with Crippen molar-refractivity contribution in [2.24, 2.45) is 0 Å². The van der Waals surface area contributed by atoms with Crippen molar-refractivity contribution in [3.8, 4) is 0 Å². The number of benzene rings is 2. The summed E-state index contributed by atoms with van der Waals surface area (Å²) < 4.78 is 42.1. The van der Waals surface area contributed by atoms with E-state index in [-0.39, 0.29) is 11.1 Å². The van der Waals surface area contributed by atoms with Crippen molar-refractivity contribution in [2.45, 2.75) is 19.9 Å². The van der Waals surface area contributed by atoms with Crippen molar-refractivity contribution >= 4 is 15.9 Å². The van der Waals surface area contributed by atoms with Crippen LogP contribution < -0.4 is 5.32 Å². The lowest BCUT2D eigenvalue weighted by Crippen LogP contribution is -2.23. The molecule has 0 aliphatic rings. The Bertz CT molecular complexity index is 638. The summed E-state index contributed by atoms with van der Waals surface area (Å²) in [4.78, 5) is 0. The van der Waals surface area contributed by atoms with Gasteiger partial charge < -0.3 is 5.32 Å². The molecule has 2 rings (SSSR count). The first-order chi connectivity index (χ1) is 9.93. The number of hydrogen-bond acceptors (Lipinski definition) is 1. The van der Waals surface area contributed by atoms with Gasteiger partial charge in [-0.1, -0.05) is 35.0 Å². The van der Waals surface area contributed by atoms with Gasteiger partial charge in [0, 0.05) is 10.0 Å². The SMILES string of the molecule is CCNC(c1cc(F)cc(Br)c1)c1ccc(C)c(F)c1F. The van der Waals surface area contributed by atoms with Gasteiger partial charge in [-0.25, -0.2) is 13.2 Å². The van der Waals surface area contributed by atoms with Gasteiger partial charge in [-0.05, 0) is 42.8 Å². The van der Waals surface area contributed by atoms with E-state index in [0.29, 0.717) is 16.6 Å². The largest absolute Gasteiger partial charge is 0.306 e. The maximum absolute atomic E-state index is 14.2. The summed E-state index contributed by atoms with van der Waals surface area (Å²) >= 11 is 3.21. The first-order valence-electron chi connectivity index (χ1n) is 6.58. The Morgan fingerprint density at radius 3 is 2.43 bits per heavy atom. The second-order valence-corrected chi connectivity index (χ2v) is 5.71. The highest BCUT2D eigenvalue weighted by Crippen LogP contribution is 2.29. The molecule has 1 nitrogen and oxygen atoms in total. The minimum absolute atomic E-state index is 0.164. The second-order valence-electron chi connectivity index (χ2n) is 4.79. The van der Waals surface area contributed by atoms with Gasteiger partial charge in [0.2, 0.25) is 0 Å². The third-order valence-corrected chi connectivity index (χ3v) is 3.70. The van der Waals surface area contributed by atoms with E-state index in [0.717, 1.165) is 0 Å². The van der Waals surface area contributed by atoms with Crippen LogP contribution in [0.2, 0.25) is 0 Å². The third kappa shape index (κ3) is 3.47. The Balaban J connectivity index is 2.56. The molecule has 0 bridgehead atoms. The lowest BCUT2D eigenvalue weighted by Gasteiger charge is -2.20. The first-order valence-corrected chi connectivity index (χ1v) is 7.37. The van der Waals surface area contributed by atoms with E-state index in [2.05, 4.69) is 21.2 Å². The first kappa shape index (κ1) is 16.0. The van der Waals surface area contributed by atoms with Crippen molar-refractivity contribution in [3.63, 3.8) is 0 Å². The topological polar surface area (TPSA) is 12.0 Å². The van der Waals surface area contributed by atoms with Crippen LogP contribution in [-0.4, -0.2) is 6.54 Å². The molecule has 1 N–H and O–H groups in total. The molecule has 0 saturated heterocycles. The standard InChI is InChI=1S/C16H15BrF3N/c1-3-21-16(10-6-11(17)8-12(18)7-10)13-5-4-9(2)14(19)15(13)20/h4-8,16,21H,3H2,1-2H3. The van der Waals surface area contributed by atoms with Crippen LogP contribution in [0.25, 0.3) is 0 Å². The second kappa shape index (κ2) is 6.62. The summed E-state index contributed by atoms with van der Waals surface area (Å²) in [5.74, 6) is -2.21. The van der Waals surface area contributed by atoms with Gasteiger partial charge in [-0.2, -0.15) is 0 Å². The van der Waals surface area contributed by atoms with Crippen LogP contribution in [0.4, 0.5) is 13.2 Å². The van der Waals surface area contributed by atoms with Gasteiger partial charge >= 0.3 is 0 Å². The maximum atomic E-state index is 14.2. The molecule has 0 aliphatic heterocycles. The van der Waals surface area contributed by atoms with Crippen LogP contribution in [0.3, 0.4) is 0 Å². The summed E-state index contributed by atoms with van der Waals surface area (Å²) in [5.41, 5.74) is 0.940. The summed E-state index contributed by atoms with van der Waals surface area (Å²) in [5, 5.41) is 3.06. The van der Waals surface area contributed by atoms with E-state index in [9.17, 15) is 13.2 Å². The normalized spacial score (nSPS) is 12.5. The smallest absolute Gasteiger partial charge is 0.164 e. The van der Waals surface area contributed by atoms with Crippen LogP contribution in [-0.2, 0) is 0 Å². The molecule has 1 unspecified atom stereocenters. The van der Waals surface area contributed by atoms with Gasteiger partial charge in [-0.3, -0.25) is 0 Å². The molecule has 0 heterocycles. The quantitative estimate of drug-likeness (QED) is 0.822. The highest BCUT2D eigenvalue weighted by Gasteiger charge is 2.21. The highest BCUT2D eigenvalue weighted by atomic mass is 79.9. The van der Waals surface area contributed by atoms with Crippen LogP contribution in [0.5, 0.6) is 0 Å². The molecule has 2 aromatic rings. The number of hydrogen-bond donors (Lipinski definition) is 1. The minimum atomic E-state index is -0.902. The lowest BCUT2D eigenvalue weighted by molar-refractivity contribution is 0.478. The fraction of sp³-hybridized carbons (Fsp3) is 0.250. The van der Waals surface area contributed by atoms with Crippen molar-refractivity contribution < 1.29 is 13.2 Å². The van der Waals surface area contributed by atoms with E-state index in [1.807, 2.05) is 6.92 Å². The molecule has 21 heavy (non-hydrogen) atoms. The highest BCUT2D eigenvalue weighted by molar-refractivity contribution is 9.10. The summed E-state index contributed by atoms with van der Waals surface area (Å²) in [7, 11) is 0. The molecule has 0 amide bonds. The summed E-state index contributed by atoms with van der Waals surface area (Å²) in [6.45, 7) is 3.89. The van der Waals surface area contributed by atoms with Gasteiger partial charge in [0.15, 0.2) is 11.6 Å².